The number of rotatable bonds is 5. The Balaban J connectivity index is 2.27. The SMILES string of the molecule is [2H]/C([N+]#[C-])=C(/[2H])c1c([2H])c(C([2H])([2H])[2H])c(Cc2ccnc(Cc3c([2H])c([2H])c(C#N)c([2H])c3[2H])n2)c(C([2H])([2H])[2H])c1[2H]. The normalized spacial score (nSPS) is 19.4. The van der Waals surface area contributed by atoms with E-state index < -0.39 is 96.4 Å². The van der Waals surface area contributed by atoms with Gasteiger partial charge in [0.25, 0.3) is 0 Å². The molecule has 28 heavy (non-hydrogen) atoms. The van der Waals surface area contributed by atoms with Gasteiger partial charge in [-0.1, -0.05) is 30.2 Å². The third-order valence-electron chi connectivity index (χ3n) is 3.58. The fraction of sp³-hybridized carbons (Fsp3) is 0.167. The number of aromatic nitrogens is 2. The van der Waals surface area contributed by atoms with Crippen molar-refractivity contribution in [3.05, 3.63) is 111 Å². The van der Waals surface area contributed by atoms with Crippen LogP contribution in [0.4, 0.5) is 0 Å². The van der Waals surface area contributed by atoms with E-state index in [9.17, 15) is 0 Å². The van der Waals surface area contributed by atoms with Crippen molar-refractivity contribution in [1.82, 2.24) is 9.97 Å². The van der Waals surface area contributed by atoms with Gasteiger partial charge in [-0.15, -0.1) is 0 Å². The maximum Gasteiger partial charge on any atom is 0.154 e. The average Bonchev–Trinajstić information content (AvgIpc) is 2.88. The van der Waals surface area contributed by atoms with Crippen molar-refractivity contribution < 1.29 is 19.2 Å². The Morgan fingerprint density at radius 2 is 2.00 bits per heavy atom. The lowest BCUT2D eigenvalue weighted by atomic mass is 9.95. The summed E-state index contributed by atoms with van der Waals surface area (Å²) in [6.45, 7) is 0.770. The Hall–Kier alpha value is -3.76. The summed E-state index contributed by atoms with van der Waals surface area (Å²) in [6.07, 6.45) is -0.609. The summed E-state index contributed by atoms with van der Waals surface area (Å²) in [5, 5.41) is 9.17. The Morgan fingerprint density at radius 1 is 1.25 bits per heavy atom. The molecular weight excluding hydrogens is 344 g/mol. The zero-order valence-electron chi connectivity index (χ0n) is 28.4. The van der Waals surface area contributed by atoms with Crippen molar-refractivity contribution in [3.8, 4) is 6.07 Å². The molecule has 3 aromatic rings. The minimum Gasteiger partial charge on any atom is -0.246 e. The summed E-state index contributed by atoms with van der Waals surface area (Å²) in [4.78, 5) is 11.1. The molecule has 4 nitrogen and oxygen atoms in total. The standard InChI is InChI=1S/C24H20N4/c1-17-12-21(8-10-26-3)13-18(2)23(17)15-22-9-11-27-24(28-22)14-19-4-6-20(16-25)7-5-19/h4-13H,14-15H2,1-2H3/b10-8+/i1D3,2D3,4D,5D,6D,7D,8D,10D,12D,13D. The van der Waals surface area contributed by atoms with Crippen LogP contribution < -0.4 is 0 Å². The van der Waals surface area contributed by atoms with E-state index in [4.69, 9.17) is 31.0 Å². The topological polar surface area (TPSA) is 53.9 Å². The smallest absolute Gasteiger partial charge is 0.154 e. The fourth-order valence-electron chi connectivity index (χ4n) is 2.33. The summed E-state index contributed by atoms with van der Waals surface area (Å²) in [5.41, 5.74) is -3.29. The summed E-state index contributed by atoms with van der Waals surface area (Å²) >= 11 is 0. The van der Waals surface area contributed by atoms with E-state index in [1.54, 1.807) is 6.07 Å². The molecule has 0 atom stereocenters. The van der Waals surface area contributed by atoms with Crippen molar-refractivity contribution in [1.29, 1.82) is 5.26 Å². The van der Waals surface area contributed by atoms with Gasteiger partial charge in [-0.05, 0) is 59.7 Å². The molecule has 0 unspecified atom stereocenters. The first-order valence-corrected chi connectivity index (χ1v) is 7.89. The zero-order valence-corrected chi connectivity index (χ0v) is 14.4. The van der Waals surface area contributed by atoms with Gasteiger partial charge in [0.1, 0.15) is 5.82 Å². The van der Waals surface area contributed by atoms with Gasteiger partial charge in [-0.25, -0.2) is 14.8 Å². The lowest BCUT2D eigenvalue weighted by molar-refractivity contribution is 0.912. The van der Waals surface area contributed by atoms with Crippen LogP contribution >= 0.6 is 0 Å². The van der Waals surface area contributed by atoms with Gasteiger partial charge >= 0.3 is 0 Å². The molecule has 1 aromatic heterocycles. The first-order valence-electron chi connectivity index (χ1n) is 14.9. The van der Waals surface area contributed by atoms with Gasteiger partial charge in [-0.2, -0.15) is 5.26 Å². The Kier molecular flexibility index (Phi) is 2.53. The first kappa shape index (κ1) is 8.09. The van der Waals surface area contributed by atoms with Crippen molar-refractivity contribution in [2.75, 3.05) is 0 Å². The number of nitriles is 1. The van der Waals surface area contributed by atoms with Crippen LogP contribution in [-0.2, 0) is 12.8 Å². The molecule has 1 heterocycles. The maximum atomic E-state index is 9.17. The van der Waals surface area contributed by atoms with Crippen LogP contribution in [0, 0.1) is 31.6 Å². The van der Waals surface area contributed by atoms with E-state index >= 15 is 0 Å². The van der Waals surface area contributed by atoms with E-state index in [0.717, 1.165) is 0 Å². The Bertz CT molecular complexity index is 1640. The summed E-state index contributed by atoms with van der Waals surface area (Å²) in [5.74, 6) is -0.0371. The maximum absolute atomic E-state index is 9.17. The van der Waals surface area contributed by atoms with Crippen LogP contribution in [0.5, 0.6) is 0 Å². The largest absolute Gasteiger partial charge is 0.246 e. The molecule has 0 bridgehead atoms. The van der Waals surface area contributed by atoms with Crippen LogP contribution in [-0.4, -0.2) is 9.97 Å². The van der Waals surface area contributed by atoms with E-state index in [1.165, 1.54) is 12.3 Å². The number of nitrogens with zero attached hydrogens (tertiary/aromatic N) is 4. The van der Waals surface area contributed by atoms with Crippen molar-refractivity contribution in [3.63, 3.8) is 0 Å². The molecule has 0 saturated heterocycles. The Morgan fingerprint density at radius 3 is 2.64 bits per heavy atom. The average molecular weight is 379 g/mol. The molecule has 2 aromatic carbocycles. The van der Waals surface area contributed by atoms with Crippen LogP contribution in [0.1, 0.15) is 64.1 Å². The van der Waals surface area contributed by atoms with Gasteiger partial charge in [0.15, 0.2) is 6.18 Å². The molecule has 0 N–H and O–H groups in total. The molecule has 3 rings (SSSR count). The molecule has 0 fully saturated rings. The highest BCUT2D eigenvalue weighted by Crippen LogP contribution is 2.21. The molecule has 4 heteroatoms. The van der Waals surface area contributed by atoms with Crippen LogP contribution in [0.3, 0.4) is 0 Å². The highest BCUT2D eigenvalue weighted by molar-refractivity contribution is 5.55. The van der Waals surface area contributed by atoms with Crippen LogP contribution in [0.25, 0.3) is 10.9 Å². The monoisotopic (exact) mass is 378 g/mol. The molecule has 0 aliphatic heterocycles. The number of benzene rings is 2. The van der Waals surface area contributed by atoms with Crippen molar-refractivity contribution in [2.24, 2.45) is 0 Å². The first-order chi connectivity index (χ1) is 19.4. The molecule has 0 saturated carbocycles. The van der Waals surface area contributed by atoms with Crippen LogP contribution in [0.15, 0.2) is 54.7 Å². The van der Waals surface area contributed by atoms with E-state index in [0.29, 0.717) is 0 Å². The molecule has 0 radical (unpaired) electrons. The predicted octanol–water partition coefficient (Wildman–Crippen LogP) is 5.04. The van der Waals surface area contributed by atoms with E-state index in [-0.39, 0.29) is 23.5 Å². The second-order valence-corrected chi connectivity index (χ2v) is 5.49. The summed E-state index contributed by atoms with van der Waals surface area (Å²) < 4.78 is 113. The minimum atomic E-state index is -3.11. The fourth-order valence-corrected chi connectivity index (χ4v) is 2.33. The minimum absolute atomic E-state index is 0.0371. The molecular formula is C24H20N4. The zero-order chi connectivity index (χ0) is 31.9. The lowest BCUT2D eigenvalue weighted by Crippen LogP contribution is -2.03. The van der Waals surface area contributed by atoms with Crippen molar-refractivity contribution >= 4 is 6.05 Å². The summed E-state index contributed by atoms with van der Waals surface area (Å²) in [7, 11) is 0. The van der Waals surface area contributed by atoms with Crippen LogP contribution in [0.2, 0.25) is 0 Å². The molecule has 0 aliphatic rings. The number of hydrogen-bond acceptors (Lipinski definition) is 3. The molecule has 136 valence electrons. The third-order valence-corrected chi connectivity index (χ3v) is 3.58. The van der Waals surface area contributed by atoms with Gasteiger partial charge in [0.05, 0.1) is 26.4 Å². The quantitative estimate of drug-likeness (QED) is 0.585. The highest BCUT2D eigenvalue weighted by atomic mass is 14.9. The molecule has 0 spiro atoms. The van der Waals surface area contributed by atoms with Gasteiger partial charge < -0.3 is 0 Å². The second-order valence-electron chi connectivity index (χ2n) is 5.49. The second kappa shape index (κ2) is 8.75. The van der Waals surface area contributed by atoms with Gasteiger partial charge in [0, 0.05) is 35.7 Å². The lowest BCUT2D eigenvalue weighted by Gasteiger charge is -2.12. The molecule has 0 amide bonds. The van der Waals surface area contributed by atoms with E-state index in [1.807, 2.05) is 0 Å². The number of hydrogen-bond donors (Lipinski definition) is 0. The predicted molar refractivity (Wildman–Crippen MR) is 110 cm³/mol. The van der Waals surface area contributed by atoms with Gasteiger partial charge in [0.2, 0.25) is 0 Å². The summed E-state index contributed by atoms with van der Waals surface area (Å²) in [6, 6.07) is -1.84. The van der Waals surface area contributed by atoms with E-state index in [2.05, 4.69) is 14.8 Å². The Labute approximate surface area is 185 Å². The van der Waals surface area contributed by atoms with Gasteiger partial charge in [-0.3, -0.25) is 0 Å². The highest BCUT2D eigenvalue weighted by Gasteiger charge is 2.08. The van der Waals surface area contributed by atoms with Crippen molar-refractivity contribution in [2.45, 2.75) is 26.5 Å². The molecule has 0 aliphatic carbocycles. The third kappa shape index (κ3) is 4.69.